The molecule has 102 valence electrons. The van der Waals surface area contributed by atoms with Crippen molar-refractivity contribution in [1.29, 1.82) is 0 Å². The van der Waals surface area contributed by atoms with Crippen LogP contribution in [0.4, 0.5) is 0 Å². The second kappa shape index (κ2) is 9.65. The van der Waals surface area contributed by atoms with Crippen molar-refractivity contribution in [3.05, 3.63) is 0 Å². The number of halogens is 1. The van der Waals surface area contributed by atoms with E-state index in [2.05, 4.69) is 10.6 Å². The number of carbonyl (C=O) groups excluding carboxylic acids is 1. The molecule has 0 spiro atoms. The van der Waals surface area contributed by atoms with Gasteiger partial charge in [-0.05, 0) is 20.4 Å². The molecule has 1 aliphatic rings. The molecule has 1 aliphatic heterocycles. The molecule has 2 unspecified atom stereocenters. The highest BCUT2D eigenvalue weighted by Crippen LogP contribution is 2.08. The zero-order chi connectivity index (χ0) is 11.8. The maximum Gasteiger partial charge on any atom is 0.221 e. The second-order valence-electron chi connectivity index (χ2n) is 4.14. The number of rotatable bonds is 7. The lowest BCUT2D eigenvalue weighted by molar-refractivity contribution is -0.122. The van der Waals surface area contributed by atoms with E-state index in [0.29, 0.717) is 26.2 Å². The zero-order valence-corrected chi connectivity index (χ0v) is 11.3. The average Bonchev–Trinajstić information content (AvgIpc) is 2.76. The Balaban J connectivity index is 0.00000256. The molecule has 17 heavy (non-hydrogen) atoms. The number of nitrogens with one attached hydrogen (secondary N) is 2. The van der Waals surface area contributed by atoms with Crippen molar-refractivity contribution < 1.29 is 14.3 Å². The molecule has 6 heteroatoms. The molecular weight excluding hydrogens is 244 g/mol. The lowest BCUT2D eigenvalue weighted by atomic mass is 10.3. The molecule has 1 rings (SSSR count). The molecule has 1 saturated heterocycles. The van der Waals surface area contributed by atoms with Gasteiger partial charge in [0.1, 0.15) is 0 Å². The summed E-state index contributed by atoms with van der Waals surface area (Å²) >= 11 is 0. The maximum absolute atomic E-state index is 11.4. The fourth-order valence-corrected chi connectivity index (χ4v) is 1.55. The van der Waals surface area contributed by atoms with Crippen LogP contribution in [0.2, 0.25) is 0 Å². The number of amides is 1. The summed E-state index contributed by atoms with van der Waals surface area (Å²) in [7, 11) is 1.83. The standard InChI is InChI=1S/C11H22N2O3.ClH/c1-9(13-11(14)3-5-12-2)7-16-10-4-6-15-8-10;/h9-10,12H,3-8H2,1-2H3,(H,13,14);1H. The van der Waals surface area contributed by atoms with E-state index in [4.69, 9.17) is 9.47 Å². The molecule has 0 radical (unpaired) electrons. The Morgan fingerprint density at radius 2 is 2.35 bits per heavy atom. The third-order valence-corrected chi connectivity index (χ3v) is 2.48. The molecule has 0 bridgehead atoms. The van der Waals surface area contributed by atoms with Crippen LogP contribution < -0.4 is 10.6 Å². The van der Waals surface area contributed by atoms with Crippen molar-refractivity contribution in [3.63, 3.8) is 0 Å². The largest absolute Gasteiger partial charge is 0.379 e. The van der Waals surface area contributed by atoms with Crippen LogP contribution in [0, 0.1) is 0 Å². The summed E-state index contributed by atoms with van der Waals surface area (Å²) in [5.74, 6) is 0.0631. The SMILES string of the molecule is CNCCC(=O)NC(C)COC1CCOC1.Cl. The molecule has 2 N–H and O–H groups in total. The highest BCUT2D eigenvalue weighted by atomic mass is 35.5. The van der Waals surface area contributed by atoms with Crippen LogP contribution >= 0.6 is 12.4 Å². The highest BCUT2D eigenvalue weighted by Gasteiger charge is 2.17. The third-order valence-electron chi connectivity index (χ3n) is 2.48. The molecule has 5 nitrogen and oxygen atoms in total. The topological polar surface area (TPSA) is 59.6 Å². The summed E-state index contributed by atoms with van der Waals surface area (Å²) in [5.41, 5.74) is 0. The fourth-order valence-electron chi connectivity index (χ4n) is 1.55. The van der Waals surface area contributed by atoms with Crippen LogP contribution in [0.25, 0.3) is 0 Å². The van der Waals surface area contributed by atoms with Crippen molar-refractivity contribution >= 4 is 18.3 Å². The molecule has 2 atom stereocenters. The lowest BCUT2D eigenvalue weighted by Crippen LogP contribution is -2.38. The van der Waals surface area contributed by atoms with E-state index in [0.717, 1.165) is 13.0 Å². The van der Waals surface area contributed by atoms with E-state index in [1.165, 1.54) is 0 Å². The van der Waals surface area contributed by atoms with Crippen molar-refractivity contribution in [2.24, 2.45) is 0 Å². The molecule has 0 aliphatic carbocycles. The summed E-state index contributed by atoms with van der Waals surface area (Å²) in [6.45, 7) is 4.68. The van der Waals surface area contributed by atoms with Gasteiger partial charge in [-0.15, -0.1) is 12.4 Å². The second-order valence-corrected chi connectivity index (χ2v) is 4.14. The van der Waals surface area contributed by atoms with Gasteiger partial charge in [-0.2, -0.15) is 0 Å². The van der Waals surface area contributed by atoms with Gasteiger partial charge in [0.25, 0.3) is 0 Å². The van der Waals surface area contributed by atoms with Crippen molar-refractivity contribution in [1.82, 2.24) is 10.6 Å². The summed E-state index contributed by atoms with van der Waals surface area (Å²) in [5, 5.41) is 5.83. The van der Waals surface area contributed by atoms with E-state index >= 15 is 0 Å². The smallest absolute Gasteiger partial charge is 0.221 e. The van der Waals surface area contributed by atoms with Gasteiger partial charge >= 0.3 is 0 Å². The van der Waals surface area contributed by atoms with Crippen molar-refractivity contribution in [2.45, 2.75) is 31.9 Å². The minimum atomic E-state index is 0. The first-order chi connectivity index (χ1) is 7.72. The molecule has 0 aromatic carbocycles. The number of hydrogen-bond acceptors (Lipinski definition) is 4. The fraction of sp³-hybridized carbons (Fsp3) is 0.909. The number of carbonyl (C=O) groups is 1. The average molecular weight is 267 g/mol. The van der Waals surface area contributed by atoms with E-state index in [-0.39, 0.29) is 30.5 Å². The molecule has 0 saturated carbocycles. The molecular formula is C11H23ClN2O3. The van der Waals surface area contributed by atoms with Gasteiger partial charge in [-0.25, -0.2) is 0 Å². The molecule has 1 amide bonds. The highest BCUT2D eigenvalue weighted by molar-refractivity contribution is 5.85. The number of ether oxygens (including phenoxy) is 2. The Morgan fingerprint density at radius 1 is 1.59 bits per heavy atom. The summed E-state index contributed by atoms with van der Waals surface area (Å²) < 4.78 is 10.8. The summed E-state index contributed by atoms with van der Waals surface area (Å²) in [4.78, 5) is 11.4. The lowest BCUT2D eigenvalue weighted by Gasteiger charge is -2.16. The Morgan fingerprint density at radius 3 is 2.94 bits per heavy atom. The molecule has 1 heterocycles. The Hall–Kier alpha value is -0.360. The van der Waals surface area contributed by atoms with Crippen LogP contribution in [0.3, 0.4) is 0 Å². The van der Waals surface area contributed by atoms with Gasteiger partial charge < -0.3 is 20.1 Å². The van der Waals surface area contributed by atoms with Crippen LogP contribution in [-0.2, 0) is 14.3 Å². The first-order valence-electron chi connectivity index (χ1n) is 5.85. The van der Waals surface area contributed by atoms with E-state index in [9.17, 15) is 4.79 Å². The Labute approximate surface area is 109 Å². The maximum atomic E-state index is 11.4. The minimum absolute atomic E-state index is 0. The third kappa shape index (κ3) is 7.54. The van der Waals surface area contributed by atoms with E-state index < -0.39 is 0 Å². The summed E-state index contributed by atoms with van der Waals surface area (Å²) in [6.07, 6.45) is 1.67. The van der Waals surface area contributed by atoms with Gasteiger partial charge in [0, 0.05) is 25.6 Å². The normalized spacial score (nSPS) is 20.7. The predicted molar refractivity (Wildman–Crippen MR) is 68.6 cm³/mol. The first kappa shape index (κ1) is 16.6. The van der Waals surface area contributed by atoms with Crippen LogP contribution in [0.5, 0.6) is 0 Å². The van der Waals surface area contributed by atoms with E-state index in [1.54, 1.807) is 0 Å². The monoisotopic (exact) mass is 266 g/mol. The van der Waals surface area contributed by atoms with Crippen LogP contribution in [0.15, 0.2) is 0 Å². The van der Waals surface area contributed by atoms with Crippen molar-refractivity contribution in [2.75, 3.05) is 33.4 Å². The summed E-state index contributed by atoms with van der Waals surface area (Å²) in [6, 6.07) is 0.0601. The van der Waals surface area contributed by atoms with Crippen LogP contribution in [0.1, 0.15) is 19.8 Å². The van der Waals surface area contributed by atoms with Gasteiger partial charge in [0.2, 0.25) is 5.91 Å². The van der Waals surface area contributed by atoms with Gasteiger partial charge in [0.15, 0.2) is 0 Å². The molecule has 0 aromatic heterocycles. The Bertz CT molecular complexity index is 211. The molecule has 0 aromatic rings. The van der Waals surface area contributed by atoms with Gasteiger partial charge in [0.05, 0.1) is 19.3 Å². The van der Waals surface area contributed by atoms with Gasteiger partial charge in [-0.3, -0.25) is 4.79 Å². The first-order valence-corrected chi connectivity index (χ1v) is 5.85. The Kier molecular flexibility index (Phi) is 9.44. The van der Waals surface area contributed by atoms with Crippen molar-refractivity contribution in [3.8, 4) is 0 Å². The minimum Gasteiger partial charge on any atom is -0.379 e. The van der Waals surface area contributed by atoms with Crippen LogP contribution in [-0.4, -0.2) is 51.5 Å². The van der Waals surface area contributed by atoms with Gasteiger partial charge in [-0.1, -0.05) is 0 Å². The predicted octanol–water partition coefficient (Wildman–Crippen LogP) is 0.328. The quantitative estimate of drug-likeness (QED) is 0.697. The zero-order valence-electron chi connectivity index (χ0n) is 10.5. The number of hydrogen-bond donors (Lipinski definition) is 2. The molecule has 1 fully saturated rings. The van der Waals surface area contributed by atoms with E-state index in [1.807, 2.05) is 14.0 Å².